The minimum Gasteiger partial charge on any atom is -0.420 e. The van der Waals surface area contributed by atoms with Crippen LogP contribution in [0.2, 0.25) is 0 Å². The van der Waals surface area contributed by atoms with Gasteiger partial charge in [-0.15, -0.1) is 10.2 Å². The summed E-state index contributed by atoms with van der Waals surface area (Å²) in [6.07, 6.45) is -2.21. The second-order valence-corrected chi connectivity index (χ2v) is 9.01. The van der Waals surface area contributed by atoms with E-state index in [1.807, 2.05) is 0 Å². The molecule has 3 aromatic heterocycles. The summed E-state index contributed by atoms with van der Waals surface area (Å²) in [5.41, 5.74) is -1.71. The van der Waals surface area contributed by atoms with Gasteiger partial charge in [0.1, 0.15) is 11.3 Å². The minimum absolute atomic E-state index is 0.0472. The predicted molar refractivity (Wildman–Crippen MR) is 121 cm³/mol. The number of H-pyrrole nitrogens is 1. The first-order valence-corrected chi connectivity index (χ1v) is 11.3. The quantitative estimate of drug-likeness (QED) is 0.436. The fourth-order valence-corrected chi connectivity index (χ4v) is 4.87. The maximum Gasteiger partial charge on any atom is 0.433 e. The van der Waals surface area contributed by atoms with Crippen molar-refractivity contribution in [2.24, 2.45) is 5.92 Å². The molecule has 1 saturated carbocycles. The molecule has 1 aromatic carbocycles. The van der Waals surface area contributed by atoms with E-state index in [0.717, 1.165) is 23.8 Å². The van der Waals surface area contributed by atoms with Crippen molar-refractivity contribution < 1.29 is 22.3 Å². The molecule has 1 aliphatic rings. The van der Waals surface area contributed by atoms with Crippen molar-refractivity contribution in [3.63, 3.8) is 0 Å². The van der Waals surface area contributed by atoms with Crippen LogP contribution in [0.4, 0.5) is 13.2 Å². The number of nitrogens with one attached hydrogen (secondary N) is 1. The highest BCUT2D eigenvalue weighted by Crippen LogP contribution is 2.39. The van der Waals surface area contributed by atoms with E-state index in [-0.39, 0.29) is 45.9 Å². The standard InChI is InChI=1S/C24H24F3N5O3/c1-12-9-10-15(16(11-12)34-3)21-29-30-22(35-21)17-13(2)28-20-18(14-7-5-4-6-8-14)19(24(25,26)27)31-32(20)23(17)33/h4-8,12,15-16,31H,9-11H2,1-3H3. The monoisotopic (exact) mass is 487 g/mol. The first kappa shape index (κ1) is 23.3. The Kier molecular flexibility index (Phi) is 5.74. The van der Waals surface area contributed by atoms with Gasteiger partial charge in [-0.3, -0.25) is 9.89 Å². The van der Waals surface area contributed by atoms with Gasteiger partial charge in [0.05, 0.1) is 23.3 Å². The van der Waals surface area contributed by atoms with Crippen LogP contribution in [0.25, 0.3) is 28.2 Å². The summed E-state index contributed by atoms with van der Waals surface area (Å²) in [5.74, 6) is 0.646. The summed E-state index contributed by atoms with van der Waals surface area (Å²) >= 11 is 0. The lowest BCUT2D eigenvalue weighted by Gasteiger charge is -2.31. The molecular formula is C24H24F3N5O3. The number of ether oxygens (including phenoxy) is 1. The second-order valence-electron chi connectivity index (χ2n) is 9.01. The Morgan fingerprint density at radius 2 is 1.89 bits per heavy atom. The van der Waals surface area contributed by atoms with Gasteiger partial charge in [-0.05, 0) is 37.7 Å². The minimum atomic E-state index is -4.73. The maximum atomic E-state index is 13.9. The van der Waals surface area contributed by atoms with E-state index in [2.05, 4.69) is 27.2 Å². The number of benzene rings is 1. The normalized spacial score (nSPS) is 21.0. The van der Waals surface area contributed by atoms with Crippen LogP contribution in [0.3, 0.4) is 0 Å². The molecule has 1 fully saturated rings. The second kappa shape index (κ2) is 8.63. The van der Waals surface area contributed by atoms with Crippen molar-refractivity contribution in [3.05, 3.63) is 58.0 Å². The zero-order valence-electron chi connectivity index (χ0n) is 19.4. The van der Waals surface area contributed by atoms with Crippen LogP contribution in [0, 0.1) is 12.8 Å². The lowest BCUT2D eigenvalue weighted by atomic mass is 9.80. The maximum absolute atomic E-state index is 13.9. The number of fused-ring (bicyclic) bond motifs is 1. The summed E-state index contributed by atoms with van der Waals surface area (Å²) < 4.78 is 54.0. The number of halogens is 3. The number of aryl methyl sites for hydroxylation is 1. The van der Waals surface area contributed by atoms with E-state index in [0.29, 0.717) is 11.8 Å². The van der Waals surface area contributed by atoms with Crippen molar-refractivity contribution in [1.82, 2.24) is 24.8 Å². The molecule has 35 heavy (non-hydrogen) atoms. The Hall–Kier alpha value is -3.47. The first-order chi connectivity index (χ1) is 16.7. The molecule has 0 spiro atoms. The molecule has 0 aliphatic heterocycles. The Morgan fingerprint density at radius 1 is 1.14 bits per heavy atom. The molecule has 1 aliphatic carbocycles. The molecule has 5 rings (SSSR count). The van der Waals surface area contributed by atoms with Crippen molar-refractivity contribution in [1.29, 1.82) is 0 Å². The summed E-state index contributed by atoms with van der Waals surface area (Å²) in [5, 5.41) is 10.4. The van der Waals surface area contributed by atoms with Crippen molar-refractivity contribution in [3.8, 4) is 22.6 Å². The summed E-state index contributed by atoms with van der Waals surface area (Å²) in [4.78, 5) is 17.8. The van der Waals surface area contributed by atoms with Gasteiger partial charge in [-0.25, -0.2) is 4.98 Å². The SMILES string of the molecule is COC1CC(C)CCC1c1nnc(-c2c(C)nc3c(-c4ccccc4)c(C(F)(F)F)[nH]n3c2=O)o1. The number of aromatic amines is 1. The molecule has 3 atom stereocenters. The van der Waals surface area contributed by atoms with Crippen molar-refractivity contribution in [2.45, 2.75) is 51.3 Å². The predicted octanol–water partition coefficient (Wildman–Crippen LogP) is 4.99. The molecule has 4 aromatic rings. The van der Waals surface area contributed by atoms with Crippen LogP contribution >= 0.6 is 0 Å². The topological polar surface area (TPSA) is 98.3 Å². The largest absolute Gasteiger partial charge is 0.433 e. The number of hydrogen-bond acceptors (Lipinski definition) is 6. The first-order valence-electron chi connectivity index (χ1n) is 11.3. The van der Waals surface area contributed by atoms with Gasteiger partial charge in [0.25, 0.3) is 11.4 Å². The van der Waals surface area contributed by atoms with Crippen LogP contribution in [0.1, 0.15) is 49.4 Å². The van der Waals surface area contributed by atoms with Crippen molar-refractivity contribution >= 4 is 5.65 Å². The third kappa shape index (κ3) is 4.03. The molecular weight excluding hydrogens is 463 g/mol. The summed E-state index contributed by atoms with van der Waals surface area (Å²) in [6.45, 7) is 3.69. The third-order valence-corrected chi connectivity index (χ3v) is 6.64. The number of nitrogens with zero attached hydrogens (tertiary/aromatic N) is 4. The molecule has 184 valence electrons. The van der Waals surface area contributed by atoms with Crippen LogP contribution in [-0.4, -0.2) is 38.0 Å². The molecule has 8 nitrogen and oxygen atoms in total. The Labute approximate surface area is 198 Å². The Balaban J connectivity index is 1.64. The number of aromatic nitrogens is 5. The Bertz CT molecular complexity index is 1420. The Morgan fingerprint density at radius 3 is 2.57 bits per heavy atom. The fourth-order valence-electron chi connectivity index (χ4n) is 4.87. The number of alkyl halides is 3. The van der Waals surface area contributed by atoms with Gasteiger partial charge in [0.15, 0.2) is 5.65 Å². The van der Waals surface area contributed by atoms with Gasteiger partial charge in [-0.1, -0.05) is 37.3 Å². The van der Waals surface area contributed by atoms with Crippen LogP contribution < -0.4 is 5.56 Å². The molecule has 3 heterocycles. The average Bonchev–Trinajstić information content (AvgIpc) is 3.45. The summed E-state index contributed by atoms with van der Waals surface area (Å²) in [7, 11) is 1.63. The van der Waals surface area contributed by atoms with Gasteiger partial charge in [-0.2, -0.15) is 17.7 Å². The van der Waals surface area contributed by atoms with E-state index in [4.69, 9.17) is 9.15 Å². The summed E-state index contributed by atoms with van der Waals surface area (Å²) in [6, 6.07) is 8.02. The average molecular weight is 487 g/mol. The van der Waals surface area contributed by atoms with E-state index in [9.17, 15) is 18.0 Å². The highest BCUT2D eigenvalue weighted by Gasteiger charge is 2.39. The highest BCUT2D eigenvalue weighted by molar-refractivity contribution is 5.81. The number of methoxy groups -OCH3 is 1. The highest BCUT2D eigenvalue weighted by atomic mass is 19.4. The van der Waals surface area contributed by atoms with E-state index in [1.54, 1.807) is 25.3 Å². The molecule has 0 radical (unpaired) electrons. The van der Waals surface area contributed by atoms with Gasteiger partial charge >= 0.3 is 6.18 Å². The molecule has 3 unspecified atom stereocenters. The molecule has 0 amide bonds. The smallest absolute Gasteiger partial charge is 0.420 e. The van der Waals surface area contributed by atoms with Crippen LogP contribution in [-0.2, 0) is 10.9 Å². The zero-order valence-corrected chi connectivity index (χ0v) is 19.4. The van der Waals surface area contributed by atoms with E-state index < -0.39 is 17.4 Å². The molecule has 11 heteroatoms. The lowest BCUT2D eigenvalue weighted by Crippen LogP contribution is -2.28. The van der Waals surface area contributed by atoms with Gasteiger partial charge in [0, 0.05) is 7.11 Å². The van der Waals surface area contributed by atoms with Crippen LogP contribution in [0.15, 0.2) is 39.5 Å². The van der Waals surface area contributed by atoms with Crippen LogP contribution in [0.5, 0.6) is 0 Å². The number of rotatable bonds is 4. The zero-order chi connectivity index (χ0) is 24.9. The molecule has 0 saturated heterocycles. The lowest BCUT2D eigenvalue weighted by molar-refractivity contribution is -0.140. The van der Waals surface area contributed by atoms with Gasteiger partial charge < -0.3 is 9.15 Å². The fraction of sp³-hybridized carbons (Fsp3) is 0.417. The van der Waals surface area contributed by atoms with E-state index >= 15 is 0 Å². The van der Waals surface area contributed by atoms with Gasteiger partial charge in [0.2, 0.25) is 5.89 Å². The molecule has 1 N–H and O–H groups in total. The van der Waals surface area contributed by atoms with E-state index in [1.165, 1.54) is 19.1 Å². The van der Waals surface area contributed by atoms with Crippen molar-refractivity contribution in [2.75, 3.05) is 7.11 Å². The third-order valence-electron chi connectivity index (χ3n) is 6.64. The molecule has 0 bridgehead atoms. The number of hydrogen-bond donors (Lipinski definition) is 1.